The number of rotatable bonds is 2. The summed E-state index contributed by atoms with van der Waals surface area (Å²) in [5.74, 6) is 3.87. The van der Waals surface area contributed by atoms with Crippen LogP contribution in [-0.4, -0.2) is 14.7 Å². The van der Waals surface area contributed by atoms with E-state index in [2.05, 4.69) is 16.6 Å². The number of hydrogen-bond donors (Lipinski definition) is 3. The van der Waals surface area contributed by atoms with Gasteiger partial charge >= 0.3 is 0 Å². The summed E-state index contributed by atoms with van der Waals surface area (Å²) in [7, 11) is 0. The van der Waals surface area contributed by atoms with Crippen LogP contribution in [0.15, 0.2) is 24.3 Å². The van der Waals surface area contributed by atoms with E-state index < -0.39 is 17.2 Å². The van der Waals surface area contributed by atoms with Gasteiger partial charge in [0.05, 0.1) is 5.69 Å². The lowest BCUT2D eigenvalue weighted by Crippen LogP contribution is -2.07. The number of benzene rings is 1. The maximum Gasteiger partial charge on any atom is 0.293 e. The number of nitrogens with two attached hydrogens (primary N) is 1. The van der Waals surface area contributed by atoms with Crippen LogP contribution in [0.2, 0.25) is 0 Å². The summed E-state index contributed by atoms with van der Waals surface area (Å²) in [6.45, 7) is 0. The number of para-hydroxylation sites is 1. The molecule has 0 aliphatic heterocycles. The maximum atomic E-state index is 10.5. The number of amides is 1. The first-order valence-electron chi connectivity index (χ1n) is 3.87. The zero-order valence-corrected chi connectivity index (χ0v) is 8.38. The Morgan fingerprint density at radius 1 is 1.47 bits per heavy atom. The van der Waals surface area contributed by atoms with Crippen molar-refractivity contribution in [1.29, 1.82) is 0 Å². The summed E-state index contributed by atoms with van der Waals surface area (Å²) < 4.78 is 21.4. The van der Waals surface area contributed by atoms with Crippen LogP contribution in [0, 0.1) is 11.8 Å². The van der Waals surface area contributed by atoms with Crippen LogP contribution in [0.25, 0.3) is 0 Å². The highest BCUT2D eigenvalue weighted by molar-refractivity contribution is 7.80. The van der Waals surface area contributed by atoms with Gasteiger partial charge in [0, 0.05) is 11.5 Å². The maximum absolute atomic E-state index is 10.5. The van der Waals surface area contributed by atoms with Gasteiger partial charge in [-0.05, 0) is 12.1 Å². The summed E-state index contributed by atoms with van der Waals surface area (Å²) in [6.07, 6.45) is 0. The third kappa shape index (κ3) is 3.81. The van der Waals surface area contributed by atoms with Crippen LogP contribution < -0.4 is 10.5 Å². The van der Waals surface area contributed by atoms with E-state index in [1.165, 1.54) is 0 Å². The second-order valence-electron chi connectivity index (χ2n) is 2.51. The van der Waals surface area contributed by atoms with Gasteiger partial charge in [-0.2, -0.15) is 0 Å². The first kappa shape index (κ1) is 11.2. The van der Waals surface area contributed by atoms with E-state index in [9.17, 15) is 9.00 Å². The Bertz CT molecular complexity index is 462. The second-order valence-corrected chi connectivity index (χ2v) is 3.21. The van der Waals surface area contributed by atoms with Crippen LogP contribution in [0.4, 0.5) is 5.69 Å². The Labute approximate surface area is 89.1 Å². The van der Waals surface area contributed by atoms with Gasteiger partial charge in [-0.1, -0.05) is 18.1 Å². The van der Waals surface area contributed by atoms with Crippen LogP contribution in [0.1, 0.15) is 5.56 Å². The molecule has 15 heavy (non-hydrogen) atoms. The summed E-state index contributed by atoms with van der Waals surface area (Å²) >= 11 is -2.18. The first-order valence-corrected chi connectivity index (χ1v) is 4.98. The molecule has 0 heterocycles. The second kappa shape index (κ2) is 5.14. The Kier molecular flexibility index (Phi) is 3.85. The molecule has 4 N–H and O–H groups in total. The number of anilines is 1. The Balaban J connectivity index is 3.02. The molecule has 0 bridgehead atoms. The highest BCUT2D eigenvalue weighted by Crippen LogP contribution is 2.13. The van der Waals surface area contributed by atoms with Gasteiger partial charge in [0.2, 0.25) is 0 Å². The molecule has 0 saturated carbocycles. The SMILES string of the molecule is NC(=O)C#Cc1ccccc1NS(=O)O. The lowest BCUT2D eigenvalue weighted by atomic mass is 10.2. The lowest BCUT2D eigenvalue weighted by molar-refractivity contribution is -0.112. The van der Waals surface area contributed by atoms with Crippen molar-refractivity contribution in [1.82, 2.24) is 0 Å². The van der Waals surface area contributed by atoms with Crippen molar-refractivity contribution in [3.63, 3.8) is 0 Å². The van der Waals surface area contributed by atoms with E-state index in [0.717, 1.165) is 0 Å². The molecule has 0 fully saturated rings. The van der Waals surface area contributed by atoms with Crippen LogP contribution in [-0.2, 0) is 16.1 Å². The van der Waals surface area contributed by atoms with Crippen molar-refractivity contribution in [2.45, 2.75) is 0 Å². The summed E-state index contributed by atoms with van der Waals surface area (Å²) in [5.41, 5.74) is 5.65. The number of primary amides is 1. The lowest BCUT2D eigenvalue weighted by Gasteiger charge is -2.02. The van der Waals surface area contributed by atoms with Crippen molar-refractivity contribution in [2.24, 2.45) is 5.73 Å². The average molecular weight is 224 g/mol. The molecule has 0 aliphatic rings. The Morgan fingerprint density at radius 2 is 2.13 bits per heavy atom. The zero-order valence-electron chi connectivity index (χ0n) is 7.56. The van der Waals surface area contributed by atoms with Crippen molar-refractivity contribution >= 4 is 22.9 Å². The third-order valence-corrected chi connectivity index (χ3v) is 1.84. The van der Waals surface area contributed by atoms with E-state index >= 15 is 0 Å². The predicted molar refractivity (Wildman–Crippen MR) is 56.9 cm³/mol. The topological polar surface area (TPSA) is 92.4 Å². The molecule has 0 radical (unpaired) electrons. The van der Waals surface area contributed by atoms with E-state index in [0.29, 0.717) is 11.3 Å². The summed E-state index contributed by atoms with van der Waals surface area (Å²) in [4.78, 5) is 10.4. The molecular formula is C9H8N2O3S. The monoisotopic (exact) mass is 224 g/mol. The molecule has 0 saturated heterocycles. The normalized spacial score (nSPS) is 11.0. The van der Waals surface area contributed by atoms with Crippen molar-refractivity contribution in [3.8, 4) is 11.8 Å². The van der Waals surface area contributed by atoms with Crippen LogP contribution in [0.5, 0.6) is 0 Å². The molecule has 1 rings (SSSR count). The van der Waals surface area contributed by atoms with E-state index in [-0.39, 0.29) is 0 Å². The smallest absolute Gasteiger partial charge is 0.293 e. The number of hydrogen-bond acceptors (Lipinski definition) is 2. The van der Waals surface area contributed by atoms with Gasteiger partial charge in [0.1, 0.15) is 0 Å². The minimum atomic E-state index is -2.18. The largest absolute Gasteiger partial charge is 0.359 e. The standard InChI is InChI=1S/C9H8N2O3S/c10-9(12)6-5-7-3-1-2-4-8(7)11-15(13)14/h1-4,11H,(H2,10,12)(H,13,14). The van der Waals surface area contributed by atoms with Gasteiger partial charge in [-0.15, -0.1) is 0 Å². The molecule has 5 nitrogen and oxygen atoms in total. The molecule has 6 heteroatoms. The van der Waals surface area contributed by atoms with E-state index in [4.69, 9.17) is 10.3 Å². The van der Waals surface area contributed by atoms with Crippen molar-refractivity contribution in [2.75, 3.05) is 4.72 Å². The average Bonchev–Trinajstić information content (AvgIpc) is 2.15. The van der Waals surface area contributed by atoms with Crippen LogP contribution >= 0.6 is 0 Å². The van der Waals surface area contributed by atoms with Gasteiger partial charge in [-0.3, -0.25) is 14.1 Å². The molecule has 1 atom stereocenters. The molecule has 0 spiro atoms. The number of carbonyl (C=O) groups excluding carboxylic acids is 1. The van der Waals surface area contributed by atoms with E-state index in [1.54, 1.807) is 24.3 Å². The van der Waals surface area contributed by atoms with Crippen LogP contribution in [0.3, 0.4) is 0 Å². The molecule has 0 aromatic heterocycles. The molecule has 1 amide bonds. The molecule has 0 aliphatic carbocycles. The van der Waals surface area contributed by atoms with Crippen molar-refractivity contribution < 1.29 is 13.6 Å². The number of nitrogens with one attached hydrogen (secondary N) is 1. The summed E-state index contributed by atoms with van der Waals surface area (Å²) in [6, 6.07) is 6.53. The fourth-order valence-electron chi connectivity index (χ4n) is 0.904. The van der Waals surface area contributed by atoms with Gasteiger partial charge in [0.15, 0.2) is 0 Å². The summed E-state index contributed by atoms with van der Waals surface area (Å²) in [5, 5.41) is 0. The molecule has 78 valence electrons. The Hall–Kier alpha value is -1.84. The predicted octanol–water partition coefficient (Wildman–Crippen LogP) is 0.0720. The quantitative estimate of drug-likeness (QED) is 0.490. The number of carbonyl (C=O) groups is 1. The minimum absolute atomic E-state index is 0.368. The minimum Gasteiger partial charge on any atom is -0.359 e. The van der Waals surface area contributed by atoms with Gasteiger partial charge in [0.25, 0.3) is 17.2 Å². The molecule has 1 aromatic carbocycles. The first-order chi connectivity index (χ1) is 7.09. The Morgan fingerprint density at radius 3 is 2.73 bits per heavy atom. The highest BCUT2D eigenvalue weighted by atomic mass is 32.2. The molecule has 1 unspecified atom stereocenters. The third-order valence-electron chi connectivity index (χ3n) is 1.44. The fraction of sp³-hybridized carbons (Fsp3) is 0. The molecular weight excluding hydrogens is 216 g/mol. The fourth-order valence-corrected chi connectivity index (χ4v) is 1.27. The zero-order chi connectivity index (χ0) is 11.3. The van der Waals surface area contributed by atoms with Gasteiger partial charge < -0.3 is 5.73 Å². The van der Waals surface area contributed by atoms with Gasteiger partial charge in [-0.25, -0.2) is 4.21 Å². The van der Waals surface area contributed by atoms with Crippen molar-refractivity contribution in [3.05, 3.63) is 29.8 Å². The highest BCUT2D eigenvalue weighted by Gasteiger charge is 2.00. The molecule has 1 aromatic rings. The van der Waals surface area contributed by atoms with E-state index in [1.807, 2.05) is 0 Å².